The molecule has 1 unspecified atom stereocenters. The predicted octanol–water partition coefficient (Wildman–Crippen LogP) is 5.31. The van der Waals surface area contributed by atoms with Gasteiger partial charge in [-0.25, -0.2) is 4.79 Å². The number of benzene rings is 1. The van der Waals surface area contributed by atoms with E-state index in [0.29, 0.717) is 11.8 Å². The number of nitrogens with zero attached hydrogens (tertiary/aromatic N) is 1. The fraction of sp³-hybridized carbons (Fsp3) is 0.650. The fourth-order valence-electron chi connectivity index (χ4n) is 3.09. The van der Waals surface area contributed by atoms with Crippen molar-refractivity contribution < 1.29 is 9.53 Å². The van der Waals surface area contributed by atoms with E-state index in [9.17, 15) is 4.79 Å². The van der Waals surface area contributed by atoms with Gasteiger partial charge in [-0.15, -0.1) is 0 Å². The molecule has 1 atom stereocenters. The first kappa shape index (κ1) is 17.8. The van der Waals surface area contributed by atoms with Crippen molar-refractivity contribution in [3.63, 3.8) is 0 Å². The standard InChI is InChI=1S/C20H31NO2/c1-15(2)16-8-10-18(11-9-16)17-7-6-13-21(14-12-17)19(22)23-20(3,4)5/h8-11,15,17H,6-7,12-14H2,1-5H3. The lowest BCUT2D eigenvalue weighted by atomic mass is 9.90. The molecule has 2 rings (SSSR count). The van der Waals surface area contributed by atoms with Crippen molar-refractivity contribution in [3.05, 3.63) is 35.4 Å². The second kappa shape index (κ2) is 7.37. The van der Waals surface area contributed by atoms with Gasteiger partial charge in [0.1, 0.15) is 5.60 Å². The molecule has 0 saturated carbocycles. The summed E-state index contributed by atoms with van der Waals surface area (Å²) in [5, 5.41) is 0. The Kier molecular flexibility index (Phi) is 5.72. The lowest BCUT2D eigenvalue weighted by Crippen LogP contribution is -2.37. The topological polar surface area (TPSA) is 29.5 Å². The fourth-order valence-corrected chi connectivity index (χ4v) is 3.09. The van der Waals surface area contributed by atoms with Gasteiger partial charge in [0.05, 0.1) is 0 Å². The third-order valence-electron chi connectivity index (χ3n) is 4.45. The molecule has 3 heteroatoms. The summed E-state index contributed by atoms with van der Waals surface area (Å²) in [6, 6.07) is 9.03. The number of amides is 1. The Labute approximate surface area is 141 Å². The summed E-state index contributed by atoms with van der Waals surface area (Å²) in [6.45, 7) is 11.8. The number of carbonyl (C=O) groups is 1. The van der Waals surface area contributed by atoms with Gasteiger partial charge in [-0.05, 0) is 63.0 Å². The van der Waals surface area contributed by atoms with Gasteiger partial charge < -0.3 is 9.64 Å². The summed E-state index contributed by atoms with van der Waals surface area (Å²) in [5.74, 6) is 1.12. The van der Waals surface area contributed by atoms with Crippen LogP contribution in [0.15, 0.2) is 24.3 Å². The molecule has 1 aliphatic heterocycles. The van der Waals surface area contributed by atoms with Crippen molar-refractivity contribution in [1.29, 1.82) is 0 Å². The minimum absolute atomic E-state index is 0.173. The Hall–Kier alpha value is -1.51. The highest BCUT2D eigenvalue weighted by molar-refractivity contribution is 5.68. The van der Waals surface area contributed by atoms with Gasteiger partial charge in [0.15, 0.2) is 0 Å². The maximum absolute atomic E-state index is 12.2. The smallest absolute Gasteiger partial charge is 0.410 e. The molecule has 1 fully saturated rings. The molecule has 0 N–H and O–H groups in total. The van der Waals surface area contributed by atoms with Gasteiger partial charge in [-0.2, -0.15) is 0 Å². The van der Waals surface area contributed by atoms with E-state index in [1.165, 1.54) is 11.1 Å². The summed E-state index contributed by atoms with van der Waals surface area (Å²) in [4.78, 5) is 14.1. The molecule has 23 heavy (non-hydrogen) atoms. The first-order valence-corrected chi connectivity index (χ1v) is 8.84. The molecule has 128 valence electrons. The third kappa shape index (κ3) is 5.26. The number of carbonyl (C=O) groups excluding carboxylic acids is 1. The number of ether oxygens (including phenoxy) is 1. The molecule has 1 saturated heterocycles. The Morgan fingerprint density at radius 1 is 1.13 bits per heavy atom. The zero-order chi connectivity index (χ0) is 17.0. The van der Waals surface area contributed by atoms with Crippen LogP contribution in [0.5, 0.6) is 0 Å². The van der Waals surface area contributed by atoms with Gasteiger partial charge in [-0.1, -0.05) is 38.1 Å². The lowest BCUT2D eigenvalue weighted by Gasteiger charge is -2.26. The summed E-state index contributed by atoms with van der Waals surface area (Å²) < 4.78 is 5.50. The van der Waals surface area contributed by atoms with E-state index in [4.69, 9.17) is 4.74 Å². The maximum atomic E-state index is 12.2. The first-order valence-electron chi connectivity index (χ1n) is 8.84. The van der Waals surface area contributed by atoms with Crippen LogP contribution in [0.25, 0.3) is 0 Å². The highest BCUT2D eigenvalue weighted by Gasteiger charge is 2.25. The van der Waals surface area contributed by atoms with Gasteiger partial charge in [0.25, 0.3) is 0 Å². The Bertz CT molecular complexity index is 513. The minimum atomic E-state index is -0.421. The molecule has 0 aliphatic carbocycles. The van der Waals surface area contributed by atoms with Crippen molar-refractivity contribution in [1.82, 2.24) is 4.90 Å². The number of hydrogen-bond donors (Lipinski definition) is 0. The SMILES string of the molecule is CC(C)c1ccc(C2CCCN(C(=O)OC(C)(C)C)CC2)cc1. The molecule has 0 bridgehead atoms. The highest BCUT2D eigenvalue weighted by Crippen LogP contribution is 2.29. The largest absolute Gasteiger partial charge is 0.444 e. The van der Waals surface area contributed by atoms with Gasteiger partial charge >= 0.3 is 6.09 Å². The monoisotopic (exact) mass is 317 g/mol. The second-order valence-corrected chi connectivity index (χ2v) is 7.92. The van der Waals surface area contributed by atoms with Crippen LogP contribution in [-0.2, 0) is 4.74 Å². The molecule has 1 aliphatic rings. The van der Waals surface area contributed by atoms with E-state index in [2.05, 4.69) is 38.1 Å². The molecule has 0 radical (unpaired) electrons. The zero-order valence-electron chi connectivity index (χ0n) is 15.3. The number of rotatable bonds is 2. The third-order valence-corrected chi connectivity index (χ3v) is 4.45. The van der Waals surface area contributed by atoms with Crippen molar-refractivity contribution in [2.24, 2.45) is 0 Å². The molecule has 3 nitrogen and oxygen atoms in total. The van der Waals surface area contributed by atoms with E-state index in [0.717, 1.165) is 32.4 Å². The van der Waals surface area contributed by atoms with Crippen molar-refractivity contribution in [2.45, 2.75) is 71.3 Å². The van der Waals surface area contributed by atoms with Crippen LogP contribution in [0.3, 0.4) is 0 Å². The van der Waals surface area contributed by atoms with E-state index in [1.807, 2.05) is 25.7 Å². The molecular weight excluding hydrogens is 286 g/mol. The molecule has 1 aromatic rings. The molecule has 1 aromatic carbocycles. The normalized spacial score (nSPS) is 19.6. The number of hydrogen-bond acceptors (Lipinski definition) is 2. The lowest BCUT2D eigenvalue weighted by molar-refractivity contribution is 0.0256. The van der Waals surface area contributed by atoms with Gasteiger partial charge in [0.2, 0.25) is 0 Å². The quantitative estimate of drug-likeness (QED) is 0.739. The van der Waals surface area contributed by atoms with E-state index < -0.39 is 5.60 Å². The van der Waals surface area contributed by atoms with Crippen LogP contribution in [0.4, 0.5) is 4.79 Å². The van der Waals surface area contributed by atoms with Gasteiger partial charge in [-0.3, -0.25) is 0 Å². The Balaban J connectivity index is 1.97. The van der Waals surface area contributed by atoms with Crippen molar-refractivity contribution in [3.8, 4) is 0 Å². The second-order valence-electron chi connectivity index (χ2n) is 7.92. The van der Waals surface area contributed by atoms with Crippen molar-refractivity contribution >= 4 is 6.09 Å². The van der Waals surface area contributed by atoms with Gasteiger partial charge in [0, 0.05) is 13.1 Å². The van der Waals surface area contributed by atoms with Crippen LogP contribution in [0, 0.1) is 0 Å². The highest BCUT2D eigenvalue weighted by atomic mass is 16.6. The Morgan fingerprint density at radius 2 is 1.78 bits per heavy atom. The summed E-state index contributed by atoms with van der Waals surface area (Å²) in [6.07, 6.45) is 3.02. The number of likely N-dealkylation sites (tertiary alicyclic amines) is 1. The Morgan fingerprint density at radius 3 is 2.35 bits per heavy atom. The summed E-state index contributed by atoms with van der Waals surface area (Å²) in [5.41, 5.74) is 2.37. The molecular formula is C20H31NO2. The van der Waals surface area contributed by atoms with E-state index in [1.54, 1.807) is 0 Å². The summed E-state index contributed by atoms with van der Waals surface area (Å²) >= 11 is 0. The predicted molar refractivity (Wildman–Crippen MR) is 94.9 cm³/mol. The van der Waals surface area contributed by atoms with Crippen molar-refractivity contribution in [2.75, 3.05) is 13.1 Å². The summed E-state index contributed by atoms with van der Waals surface area (Å²) in [7, 11) is 0. The van der Waals surface area contributed by atoms with E-state index >= 15 is 0 Å². The molecule has 1 heterocycles. The van der Waals surface area contributed by atoms with Crippen LogP contribution < -0.4 is 0 Å². The average Bonchev–Trinajstić information content (AvgIpc) is 2.71. The first-order chi connectivity index (χ1) is 10.8. The average molecular weight is 317 g/mol. The molecule has 0 aromatic heterocycles. The molecule has 1 amide bonds. The molecule has 0 spiro atoms. The minimum Gasteiger partial charge on any atom is -0.444 e. The van der Waals surface area contributed by atoms with Crippen LogP contribution >= 0.6 is 0 Å². The maximum Gasteiger partial charge on any atom is 0.410 e. The van der Waals surface area contributed by atoms with Crippen LogP contribution in [0.1, 0.15) is 76.8 Å². The van der Waals surface area contributed by atoms with Crippen LogP contribution in [0.2, 0.25) is 0 Å². The van der Waals surface area contributed by atoms with E-state index in [-0.39, 0.29) is 6.09 Å². The zero-order valence-corrected chi connectivity index (χ0v) is 15.3. The van der Waals surface area contributed by atoms with Crippen LogP contribution in [-0.4, -0.2) is 29.7 Å².